The zero-order valence-corrected chi connectivity index (χ0v) is 20.1. The highest BCUT2D eigenvalue weighted by molar-refractivity contribution is 6.74. The van der Waals surface area contributed by atoms with Crippen molar-refractivity contribution in [2.24, 2.45) is 5.92 Å². The van der Waals surface area contributed by atoms with Gasteiger partial charge in [-0.25, -0.2) is 0 Å². The molecule has 2 atom stereocenters. The highest BCUT2D eigenvalue weighted by Crippen LogP contribution is 2.41. The average molecular weight is 424 g/mol. The van der Waals surface area contributed by atoms with Gasteiger partial charge in [0.25, 0.3) is 0 Å². The molecular weight excluding hydrogens is 386 g/mol. The van der Waals surface area contributed by atoms with E-state index >= 15 is 0 Å². The molecule has 2 unspecified atom stereocenters. The van der Waals surface area contributed by atoms with Crippen molar-refractivity contribution >= 4 is 14.2 Å². The maximum atomic E-state index is 12.7. The molecule has 29 heavy (non-hydrogen) atoms. The van der Waals surface area contributed by atoms with E-state index in [2.05, 4.69) is 39.2 Å². The van der Waals surface area contributed by atoms with Crippen molar-refractivity contribution in [2.75, 3.05) is 27.9 Å². The summed E-state index contributed by atoms with van der Waals surface area (Å²) in [7, 11) is 2.97. The Morgan fingerprint density at radius 2 is 1.72 bits per heavy atom. The van der Waals surface area contributed by atoms with E-state index < -0.39 is 14.1 Å². The number of hydrogen-bond acceptors (Lipinski definition) is 5. The lowest BCUT2D eigenvalue weighted by Gasteiger charge is -2.37. The van der Waals surface area contributed by atoms with Gasteiger partial charge < -0.3 is 24.0 Å². The minimum atomic E-state index is -1.83. The summed E-state index contributed by atoms with van der Waals surface area (Å²) in [5, 5.41) is 3.24. The van der Waals surface area contributed by atoms with Crippen molar-refractivity contribution in [1.29, 1.82) is 0 Å². The van der Waals surface area contributed by atoms with Crippen LogP contribution in [0.25, 0.3) is 0 Å². The summed E-state index contributed by atoms with van der Waals surface area (Å²) in [6, 6.07) is 7.26. The second kappa shape index (κ2) is 9.16. The Hall–Kier alpha value is -1.41. The summed E-state index contributed by atoms with van der Waals surface area (Å²) in [6.07, 6.45) is 1.30. The van der Waals surface area contributed by atoms with Crippen LogP contribution in [0.3, 0.4) is 0 Å². The van der Waals surface area contributed by atoms with Crippen LogP contribution in [0.15, 0.2) is 24.3 Å². The maximum absolute atomic E-state index is 12.7. The second-order valence-electron chi connectivity index (χ2n) is 9.17. The van der Waals surface area contributed by atoms with Gasteiger partial charge in [0.1, 0.15) is 5.75 Å². The van der Waals surface area contributed by atoms with Gasteiger partial charge in [-0.15, -0.1) is 0 Å². The Morgan fingerprint density at radius 1 is 1.10 bits per heavy atom. The topological polar surface area (TPSA) is 66.0 Å². The number of carbonyl (C=O) groups is 1. The van der Waals surface area contributed by atoms with E-state index in [0.717, 1.165) is 5.56 Å². The summed E-state index contributed by atoms with van der Waals surface area (Å²) >= 11 is 0. The van der Waals surface area contributed by atoms with Crippen LogP contribution < -0.4 is 10.1 Å². The number of amides is 1. The third-order valence-corrected chi connectivity index (χ3v) is 11.0. The molecule has 1 heterocycles. The van der Waals surface area contributed by atoms with Crippen molar-refractivity contribution in [3.63, 3.8) is 0 Å². The van der Waals surface area contributed by atoms with E-state index in [1.54, 1.807) is 21.3 Å². The molecule has 1 aliphatic rings. The highest BCUT2D eigenvalue weighted by Gasteiger charge is 2.49. The molecule has 7 heteroatoms. The fraction of sp³-hybridized carbons (Fsp3) is 0.682. The number of ether oxygens (including phenoxy) is 3. The lowest BCUT2D eigenvalue weighted by Crippen LogP contribution is -2.49. The fourth-order valence-electron chi connectivity index (χ4n) is 3.62. The largest absolute Gasteiger partial charge is 0.496 e. The zero-order valence-electron chi connectivity index (χ0n) is 19.1. The standard InChI is InChI=1S/C22H37NO5Si/c1-21(2,3)29(7,8)28-14-13-16-15-19(23-20(16)24)22(26-5,27-6)17-11-9-10-12-18(17)25-4/h9-12,16,19H,13-15H2,1-8H3,(H,23,24). The maximum Gasteiger partial charge on any atom is 0.223 e. The minimum absolute atomic E-state index is 0.0159. The molecule has 1 saturated heterocycles. The molecule has 164 valence electrons. The van der Waals surface area contributed by atoms with Crippen LogP contribution in [-0.2, 0) is 24.5 Å². The van der Waals surface area contributed by atoms with E-state index in [9.17, 15) is 4.79 Å². The van der Waals surface area contributed by atoms with Crippen LogP contribution in [-0.4, -0.2) is 48.2 Å². The van der Waals surface area contributed by atoms with Crippen LogP contribution in [0.2, 0.25) is 18.1 Å². The van der Waals surface area contributed by atoms with Gasteiger partial charge in [0.2, 0.25) is 11.7 Å². The van der Waals surface area contributed by atoms with Crippen LogP contribution in [0.5, 0.6) is 5.75 Å². The molecule has 0 aliphatic carbocycles. The monoisotopic (exact) mass is 423 g/mol. The van der Waals surface area contributed by atoms with E-state index in [1.165, 1.54) is 0 Å². The second-order valence-corrected chi connectivity index (χ2v) is 14.0. The minimum Gasteiger partial charge on any atom is -0.496 e. The smallest absolute Gasteiger partial charge is 0.223 e. The molecule has 0 bridgehead atoms. The number of hydrogen-bond donors (Lipinski definition) is 1. The summed E-state index contributed by atoms with van der Waals surface area (Å²) in [4.78, 5) is 12.7. The normalized spacial score (nSPS) is 20.6. The van der Waals surface area contributed by atoms with Crippen molar-refractivity contribution in [2.45, 2.75) is 63.6 Å². The van der Waals surface area contributed by atoms with Crippen molar-refractivity contribution in [3.8, 4) is 5.75 Å². The van der Waals surface area contributed by atoms with Gasteiger partial charge in [-0.05, 0) is 43.1 Å². The lowest BCUT2D eigenvalue weighted by atomic mass is 9.91. The first-order valence-corrected chi connectivity index (χ1v) is 13.1. The molecule has 0 radical (unpaired) electrons. The van der Waals surface area contributed by atoms with Gasteiger partial charge >= 0.3 is 0 Å². The van der Waals surface area contributed by atoms with E-state index in [1.807, 2.05) is 24.3 Å². The first kappa shape index (κ1) is 23.9. The molecule has 1 fully saturated rings. The van der Waals surface area contributed by atoms with Crippen molar-refractivity contribution in [1.82, 2.24) is 5.32 Å². The number of para-hydroxylation sites is 1. The number of nitrogens with one attached hydrogen (secondary N) is 1. The first-order chi connectivity index (χ1) is 13.5. The van der Waals surface area contributed by atoms with Crippen LogP contribution in [0.1, 0.15) is 39.2 Å². The van der Waals surface area contributed by atoms with Gasteiger partial charge in [0, 0.05) is 26.7 Å². The molecule has 1 aliphatic heterocycles. The van der Waals surface area contributed by atoms with E-state index in [-0.39, 0.29) is 22.9 Å². The van der Waals surface area contributed by atoms with Gasteiger partial charge in [-0.2, -0.15) is 0 Å². The Morgan fingerprint density at radius 3 is 2.28 bits per heavy atom. The van der Waals surface area contributed by atoms with Gasteiger partial charge in [-0.1, -0.05) is 32.9 Å². The SMILES string of the molecule is COc1ccccc1C(OC)(OC)C1CC(CCO[Si](C)(C)C(C)(C)C)C(=O)N1. The number of rotatable bonds is 9. The molecule has 1 aromatic carbocycles. The summed E-state index contributed by atoms with van der Waals surface area (Å²) in [5.74, 6) is -0.571. The zero-order chi connectivity index (χ0) is 21.9. The first-order valence-electron chi connectivity index (χ1n) is 10.2. The van der Waals surface area contributed by atoms with E-state index in [0.29, 0.717) is 25.2 Å². The molecule has 1 aromatic rings. The molecule has 0 spiro atoms. The Labute approximate surface area is 176 Å². The third kappa shape index (κ3) is 4.85. The Kier molecular flexibility index (Phi) is 7.54. The molecule has 0 aromatic heterocycles. The number of methoxy groups -OCH3 is 3. The summed E-state index contributed by atoms with van der Waals surface area (Å²) < 4.78 is 23.5. The van der Waals surface area contributed by atoms with Crippen LogP contribution in [0, 0.1) is 5.92 Å². The predicted octanol–water partition coefficient (Wildman–Crippen LogP) is 4.06. The average Bonchev–Trinajstić information content (AvgIpc) is 3.03. The van der Waals surface area contributed by atoms with Crippen LogP contribution in [0.4, 0.5) is 0 Å². The molecule has 1 amide bonds. The quantitative estimate of drug-likeness (QED) is 0.479. The highest BCUT2D eigenvalue weighted by atomic mass is 28.4. The summed E-state index contributed by atoms with van der Waals surface area (Å²) in [5.41, 5.74) is 0.760. The predicted molar refractivity (Wildman–Crippen MR) is 116 cm³/mol. The van der Waals surface area contributed by atoms with Gasteiger partial charge in [0.15, 0.2) is 8.32 Å². The molecule has 6 nitrogen and oxygen atoms in total. The number of benzene rings is 1. The van der Waals surface area contributed by atoms with Crippen molar-refractivity contribution < 1.29 is 23.4 Å². The Balaban J connectivity index is 2.14. The molecule has 0 saturated carbocycles. The van der Waals surface area contributed by atoms with Crippen LogP contribution >= 0.6 is 0 Å². The van der Waals surface area contributed by atoms with Gasteiger partial charge in [-0.3, -0.25) is 4.79 Å². The lowest BCUT2D eigenvalue weighted by molar-refractivity contribution is -0.233. The number of carbonyl (C=O) groups excluding carboxylic acids is 1. The van der Waals surface area contributed by atoms with Crippen molar-refractivity contribution in [3.05, 3.63) is 29.8 Å². The molecular formula is C22H37NO5Si. The molecule has 2 rings (SSSR count). The third-order valence-electron chi connectivity index (χ3n) is 6.49. The fourth-order valence-corrected chi connectivity index (χ4v) is 4.68. The Bertz CT molecular complexity index is 697. The van der Waals surface area contributed by atoms with Gasteiger partial charge in [0.05, 0.1) is 18.7 Å². The van der Waals surface area contributed by atoms with E-state index in [4.69, 9.17) is 18.6 Å². The summed E-state index contributed by atoms with van der Waals surface area (Å²) in [6.45, 7) is 11.7. The molecule has 1 N–H and O–H groups in total.